The summed E-state index contributed by atoms with van der Waals surface area (Å²) in [6, 6.07) is 1.23. The summed E-state index contributed by atoms with van der Waals surface area (Å²) in [4.78, 5) is 13.0. The largest absolute Gasteiger partial charge is 0.303 e. The number of rotatable bonds is 5. The van der Waals surface area contributed by atoms with Crippen LogP contribution in [0.5, 0.6) is 0 Å². The lowest BCUT2D eigenvalue weighted by molar-refractivity contribution is -0.107. The van der Waals surface area contributed by atoms with Crippen molar-refractivity contribution in [3.05, 3.63) is 12.2 Å². The van der Waals surface area contributed by atoms with Crippen LogP contribution < -0.4 is 0 Å². The van der Waals surface area contributed by atoms with Crippen LogP contribution in [-0.2, 0) is 4.79 Å². The van der Waals surface area contributed by atoms with Crippen molar-refractivity contribution in [3.63, 3.8) is 0 Å². The lowest BCUT2D eigenvalue weighted by Gasteiger charge is -2.39. The van der Waals surface area contributed by atoms with Crippen molar-refractivity contribution in [1.82, 2.24) is 4.90 Å². The van der Waals surface area contributed by atoms with E-state index in [2.05, 4.69) is 25.3 Å². The minimum Gasteiger partial charge on any atom is -0.303 e. The van der Waals surface area contributed by atoms with Gasteiger partial charge < -0.3 is 4.79 Å². The average molecular weight is 209 g/mol. The van der Waals surface area contributed by atoms with Crippen molar-refractivity contribution in [3.8, 4) is 0 Å². The summed E-state index contributed by atoms with van der Waals surface area (Å²) in [5, 5.41) is 0. The smallest absolute Gasteiger partial charge is 0.124 e. The molecule has 1 aliphatic rings. The number of aldehydes is 1. The standard InChI is InChI=1S/C13H23NO/c1-11(2)14-8-5-4-6-13(14)10-12(3)7-9-15/h9,11,13H,3-8,10H2,1-2H3. The molecule has 0 aliphatic carbocycles. The van der Waals surface area contributed by atoms with Gasteiger partial charge in [0.2, 0.25) is 0 Å². The van der Waals surface area contributed by atoms with Crippen LogP contribution in [0.4, 0.5) is 0 Å². The number of carbonyl (C=O) groups is 1. The molecule has 1 aliphatic heterocycles. The van der Waals surface area contributed by atoms with Crippen LogP contribution in [0.25, 0.3) is 0 Å². The van der Waals surface area contributed by atoms with Gasteiger partial charge in [0.05, 0.1) is 0 Å². The zero-order valence-corrected chi connectivity index (χ0v) is 10.0. The Balaban J connectivity index is 2.49. The molecule has 1 atom stereocenters. The van der Waals surface area contributed by atoms with Crippen molar-refractivity contribution >= 4 is 6.29 Å². The van der Waals surface area contributed by atoms with Crippen molar-refractivity contribution in [2.24, 2.45) is 0 Å². The van der Waals surface area contributed by atoms with E-state index < -0.39 is 0 Å². The minimum atomic E-state index is 0.530. The first-order valence-corrected chi connectivity index (χ1v) is 6.01. The van der Waals surface area contributed by atoms with Crippen molar-refractivity contribution in [1.29, 1.82) is 0 Å². The summed E-state index contributed by atoms with van der Waals surface area (Å²) in [6.07, 6.45) is 6.39. The fourth-order valence-corrected chi connectivity index (χ4v) is 2.46. The first-order chi connectivity index (χ1) is 7.15. The second-order valence-corrected chi connectivity index (χ2v) is 4.81. The molecule has 1 rings (SSSR count). The van der Waals surface area contributed by atoms with Gasteiger partial charge in [0, 0.05) is 18.5 Å². The van der Waals surface area contributed by atoms with Gasteiger partial charge >= 0.3 is 0 Å². The molecule has 0 aromatic rings. The van der Waals surface area contributed by atoms with Gasteiger partial charge in [0.25, 0.3) is 0 Å². The van der Waals surface area contributed by atoms with Gasteiger partial charge in [-0.15, -0.1) is 0 Å². The average Bonchev–Trinajstić information content (AvgIpc) is 2.18. The fourth-order valence-electron chi connectivity index (χ4n) is 2.46. The maximum absolute atomic E-state index is 10.4. The van der Waals surface area contributed by atoms with Gasteiger partial charge in [0.15, 0.2) is 0 Å². The monoisotopic (exact) mass is 209 g/mol. The normalized spacial score (nSPS) is 23.0. The Labute approximate surface area is 93.3 Å². The maximum Gasteiger partial charge on any atom is 0.124 e. The van der Waals surface area contributed by atoms with Crippen LogP contribution in [0.1, 0.15) is 46.0 Å². The van der Waals surface area contributed by atoms with E-state index in [0.29, 0.717) is 18.5 Å². The highest BCUT2D eigenvalue weighted by Crippen LogP contribution is 2.24. The highest BCUT2D eigenvalue weighted by Gasteiger charge is 2.24. The summed E-state index contributed by atoms with van der Waals surface area (Å²) in [5.74, 6) is 0. The van der Waals surface area contributed by atoms with E-state index >= 15 is 0 Å². The molecule has 0 N–H and O–H groups in total. The van der Waals surface area contributed by atoms with Gasteiger partial charge in [-0.1, -0.05) is 18.6 Å². The summed E-state index contributed by atoms with van der Waals surface area (Å²) < 4.78 is 0. The molecule has 15 heavy (non-hydrogen) atoms. The van der Waals surface area contributed by atoms with Crippen molar-refractivity contribution in [2.75, 3.05) is 6.54 Å². The van der Waals surface area contributed by atoms with Gasteiger partial charge in [-0.3, -0.25) is 4.90 Å². The Bertz CT molecular complexity index is 223. The lowest BCUT2D eigenvalue weighted by atomic mass is 9.94. The summed E-state index contributed by atoms with van der Waals surface area (Å²) in [5.41, 5.74) is 1.09. The highest BCUT2D eigenvalue weighted by atomic mass is 16.1. The Morgan fingerprint density at radius 3 is 2.87 bits per heavy atom. The Hall–Kier alpha value is -0.630. The predicted molar refractivity (Wildman–Crippen MR) is 63.9 cm³/mol. The molecule has 86 valence electrons. The quantitative estimate of drug-likeness (QED) is 0.512. The van der Waals surface area contributed by atoms with Gasteiger partial charge in [-0.2, -0.15) is 0 Å². The van der Waals surface area contributed by atoms with Crippen LogP contribution in [0.15, 0.2) is 12.2 Å². The second-order valence-electron chi connectivity index (χ2n) is 4.81. The van der Waals surface area contributed by atoms with Crippen LogP contribution in [0.3, 0.4) is 0 Å². The van der Waals surface area contributed by atoms with Crippen LogP contribution in [0, 0.1) is 0 Å². The third-order valence-corrected chi connectivity index (χ3v) is 3.23. The molecule has 1 unspecified atom stereocenters. The molecule has 0 bridgehead atoms. The Morgan fingerprint density at radius 1 is 1.53 bits per heavy atom. The zero-order chi connectivity index (χ0) is 11.3. The van der Waals surface area contributed by atoms with E-state index in [1.807, 2.05) is 0 Å². The van der Waals surface area contributed by atoms with E-state index in [1.54, 1.807) is 0 Å². The van der Waals surface area contributed by atoms with E-state index in [9.17, 15) is 4.79 Å². The first kappa shape index (κ1) is 12.4. The first-order valence-electron chi connectivity index (χ1n) is 6.01. The molecule has 2 heteroatoms. The van der Waals surface area contributed by atoms with Gasteiger partial charge in [-0.25, -0.2) is 0 Å². The number of piperidine rings is 1. The summed E-state index contributed by atoms with van der Waals surface area (Å²) >= 11 is 0. The van der Waals surface area contributed by atoms with E-state index in [4.69, 9.17) is 0 Å². The number of nitrogens with zero attached hydrogens (tertiary/aromatic N) is 1. The Kier molecular flexibility index (Phi) is 5.03. The third kappa shape index (κ3) is 3.78. The zero-order valence-electron chi connectivity index (χ0n) is 10.0. The SMILES string of the molecule is C=C(CC=O)CC1CCCCN1C(C)C. The van der Waals surface area contributed by atoms with Crippen LogP contribution in [0.2, 0.25) is 0 Å². The van der Waals surface area contributed by atoms with Crippen molar-refractivity contribution < 1.29 is 4.79 Å². The molecular weight excluding hydrogens is 186 g/mol. The van der Waals surface area contributed by atoms with Gasteiger partial charge in [0.1, 0.15) is 6.29 Å². The Morgan fingerprint density at radius 2 is 2.27 bits per heavy atom. The van der Waals surface area contributed by atoms with E-state index in [-0.39, 0.29) is 0 Å². The number of carbonyl (C=O) groups excluding carboxylic acids is 1. The molecule has 0 amide bonds. The predicted octanol–water partition coefficient (Wildman–Crippen LogP) is 2.78. The molecule has 2 nitrogen and oxygen atoms in total. The van der Waals surface area contributed by atoms with Crippen LogP contribution in [-0.4, -0.2) is 29.8 Å². The molecule has 1 fully saturated rings. The lowest BCUT2D eigenvalue weighted by Crippen LogP contribution is -2.43. The molecular formula is C13H23NO. The molecule has 0 aromatic carbocycles. The minimum absolute atomic E-state index is 0.530. The molecule has 0 aromatic heterocycles. The molecule has 1 heterocycles. The third-order valence-electron chi connectivity index (χ3n) is 3.23. The van der Waals surface area contributed by atoms with E-state index in [0.717, 1.165) is 18.3 Å². The number of hydrogen-bond donors (Lipinski definition) is 0. The molecule has 1 saturated heterocycles. The maximum atomic E-state index is 10.4. The number of likely N-dealkylation sites (tertiary alicyclic amines) is 1. The number of hydrogen-bond acceptors (Lipinski definition) is 2. The molecule has 0 spiro atoms. The second kappa shape index (κ2) is 6.06. The van der Waals surface area contributed by atoms with Crippen LogP contribution >= 0.6 is 0 Å². The van der Waals surface area contributed by atoms with Gasteiger partial charge in [-0.05, 0) is 39.7 Å². The topological polar surface area (TPSA) is 20.3 Å². The summed E-state index contributed by atoms with van der Waals surface area (Å²) in [6.45, 7) is 9.68. The fraction of sp³-hybridized carbons (Fsp3) is 0.769. The molecule has 0 radical (unpaired) electrons. The van der Waals surface area contributed by atoms with E-state index in [1.165, 1.54) is 25.8 Å². The summed E-state index contributed by atoms with van der Waals surface area (Å²) in [7, 11) is 0. The highest BCUT2D eigenvalue weighted by molar-refractivity contribution is 5.53. The molecule has 0 saturated carbocycles. The van der Waals surface area contributed by atoms with Crippen molar-refractivity contribution in [2.45, 2.75) is 58.0 Å².